The Kier molecular flexibility index (Phi) is 5.87. The summed E-state index contributed by atoms with van der Waals surface area (Å²) in [7, 11) is -2.87. The molecule has 0 aromatic carbocycles. The molecule has 0 bridgehead atoms. The van der Waals surface area contributed by atoms with Gasteiger partial charge in [0.05, 0.1) is 5.25 Å². The molecule has 5 heteroatoms. The molecule has 0 aromatic heterocycles. The molecule has 1 aliphatic carbocycles. The molecule has 20 heavy (non-hydrogen) atoms. The molecule has 1 N–H and O–H groups in total. The quantitative estimate of drug-likeness (QED) is 0.841. The molecule has 3 unspecified atom stereocenters. The Morgan fingerprint density at radius 2 is 2.00 bits per heavy atom. The highest BCUT2D eigenvalue weighted by atomic mass is 32.2. The van der Waals surface area contributed by atoms with Gasteiger partial charge < -0.3 is 5.32 Å². The fourth-order valence-corrected chi connectivity index (χ4v) is 4.86. The molecule has 0 amide bonds. The number of rotatable bonds is 5. The number of nitrogens with one attached hydrogen (secondary N) is 1. The molecule has 1 aliphatic heterocycles. The van der Waals surface area contributed by atoms with Crippen LogP contribution in [0.5, 0.6) is 0 Å². The Morgan fingerprint density at radius 3 is 2.70 bits per heavy atom. The van der Waals surface area contributed by atoms with E-state index in [4.69, 9.17) is 0 Å². The second-order valence-electron chi connectivity index (χ2n) is 6.56. The van der Waals surface area contributed by atoms with Crippen LogP contribution in [0, 0.1) is 0 Å². The predicted octanol–water partition coefficient (Wildman–Crippen LogP) is 1.81. The van der Waals surface area contributed by atoms with E-state index in [-0.39, 0.29) is 5.25 Å². The van der Waals surface area contributed by atoms with E-state index in [1.165, 1.54) is 31.9 Å². The molecule has 1 saturated carbocycles. The number of likely N-dealkylation sites (tertiary alicyclic amines) is 1. The normalized spacial score (nSPS) is 33.2. The largest absolute Gasteiger partial charge is 0.313 e. The van der Waals surface area contributed by atoms with Crippen molar-refractivity contribution in [3.63, 3.8) is 0 Å². The monoisotopic (exact) mass is 302 g/mol. The molecule has 1 heterocycles. The molecule has 0 spiro atoms. The molecule has 0 radical (unpaired) electrons. The first kappa shape index (κ1) is 16.2. The Labute approximate surface area is 124 Å². The Balaban J connectivity index is 1.90. The third kappa shape index (κ3) is 4.43. The molecule has 2 rings (SSSR count). The molecule has 2 fully saturated rings. The van der Waals surface area contributed by atoms with Crippen molar-refractivity contribution >= 4 is 9.84 Å². The van der Waals surface area contributed by atoms with E-state index in [2.05, 4.69) is 17.1 Å². The van der Waals surface area contributed by atoms with Crippen molar-refractivity contribution in [1.29, 1.82) is 0 Å². The van der Waals surface area contributed by atoms with Gasteiger partial charge in [0.2, 0.25) is 0 Å². The molecule has 1 saturated heterocycles. The van der Waals surface area contributed by atoms with E-state index in [0.29, 0.717) is 12.1 Å². The minimum absolute atomic E-state index is 0.106. The average molecular weight is 302 g/mol. The topological polar surface area (TPSA) is 49.4 Å². The van der Waals surface area contributed by atoms with E-state index in [1.54, 1.807) is 0 Å². The Bertz CT molecular complexity index is 397. The van der Waals surface area contributed by atoms with Crippen LogP contribution in [0.15, 0.2) is 0 Å². The van der Waals surface area contributed by atoms with Gasteiger partial charge >= 0.3 is 0 Å². The van der Waals surface area contributed by atoms with Crippen LogP contribution in [0.25, 0.3) is 0 Å². The van der Waals surface area contributed by atoms with E-state index in [0.717, 1.165) is 38.9 Å². The third-order valence-corrected chi connectivity index (χ3v) is 6.50. The maximum absolute atomic E-state index is 11.8. The number of hydrogen-bond donors (Lipinski definition) is 1. The first-order valence-corrected chi connectivity index (χ1v) is 10.1. The number of hydrogen-bond acceptors (Lipinski definition) is 4. The molecular weight excluding hydrogens is 272 g/mol. The summed E-state index contributed by atoms with van der Waals surface area (Å²) in [6, 6.07) is 1.08. The van der Waals surface area contributed by atoms with Gasteiger partial charge in [-0.25, -0.2) is 8.42 Å². The van der Waals surface area contributed by atoms with Gasteiger partial charge in [-0.15, -0.1) is 0 Å². The highest BCUT2D eigenvalue weighted by Gasteiger charge is 2.33. The van der Waals surface area contributed by atoms with Crippen LogP contribution in [-0.4, -0.2) is 56.5 Å². The second kappa shape index (κ2) is 7.23. The lowest BCUT2D eigenvalue weighted by molar-refractivity contribution is 0.111. The van der Waals surface area contributed by atoms with Gasteiger partial charge in [-0.3, -0.25) is 4.90 Å². The maximum Gasteiger partial charge on any atom is 0.150 e. The number of nitrogens with zero attached hydrogens (tertiary/aromatic N) is 1. The first-order chi connectivity index (χ1) is 9.50. The van der Waals surface area contributed by atoms with Crippen molar-refractivity contribution in [3.05, 3.63) is 0 Å². The smallest absolute Gasteiger partial charge is 0.150 e. The lowest BCUT2D eigenvalue weighted by Gasteiger charge is -2.41. The van der Waals surface area contributed by atoms with Gasteiger partial charge in [0.1, 0.15) is 9.84 Å². The van der Waals surface area contributed by atoms with E-state index in [1.807, 2.05) is 0 Å². The molecule has 3 atom stereocenters. The van der Waals surface area contributed by atoms with Crippen LogP contribution in [0.1, 0.15) is 51.9 Å². The third-order valence-electron chi connectivity index (χ3n) is 4.86. The summed E-state index contributed by atoms with van der Waals surface area (Å²) in [5.41, 5.74) is 0. The van der Waals surface area contributed by atoms with E-state index >= 15 is 0 Å². The zero-order chi connectivity index (χ0) is 14.6. The van der Waals surface area contributed by atoms with Crippen molar-refractivity contribution in [3.8, 4) is 0 Å². The fourth-order valence-electron chi connectivity index (χ4n) is 3.69. The zero-order valence-corrected chi connectivity index (χ0v) is 13.8. The molecule has 4 nitrogen and oxygen atoms in total. The summed E-state index contributed by atoms with van der Waals surface area (Å²) in [6.45, 7) is 5.53. The van der Waals surface area contributed by atoms with Crippen molar-refractivity contribution < 1.29 is 8.42 Å². The van der Waals surface area contributed by atoms with Crippen LogP contribution in [0.3, 0.4) is 0 Å². The summed E-state index contributed by atoms with van der Waals surface area (Å²) < 4.78 is 23.6. The second-order valence-corrected chi connectivity index (χ2v) is 8.89. The van der Waals surface area contributed by atoms with Crippen molar-refractivity contribution in [2.45, 2.75) is 69.2 Å². The average Bonchev–Trinajstić information content (AvgIpc) is 2.45. The Morgan fingerprint density at radius 1 is 1.20 bits per heavy atom. The lowest BCUT2D eigenvalue weighted by Crippen LogP contribution is -2.51. The molecule has 0 aromatic rings. The highest BCUT2D eigenvalue weighted by Crippen LogP contribution is 2.29. The van der Waals surface area contributed by atoms with Crippen molar-refractivity contribution in [2.75, 3.05) is 25.9 Å². The summed E-state index contributed by atoms with van der Waals surface area (Å²) in [4.78, 5) is 2.55. The molecule has 2 aliphatic rings. The predicted molar refractivity (Wildman–Crippen MR) is 83.8 cm³/mol. The van der Waals surface area contributed by atoms with E-state index < -0.39 is 9.84 Å². The van der Waals surface area contributed by atoms with Gasteiger partial charge in [0.25, 0.3) is 0 Å². The van der Waals surface area contributed by atoms with Crippen LogP contribution in [-0.2, 0) is 9.84 Å². The standard InChI is InChI=1S/C15H30N2O2S/c1-3-9-16-13-6-5-10-17(12-13)14-7-4-8-15(11-14)20(2,18)19/h13-16H,3-12H2,1-2H3. The van der Waals surface area contributed by atoms with Crippen LogP contribution < -0.4 is 5.32 Å². The summed E-state index contributed by atoms with van der Waals surface area (Å²) in [5.74, 6) is 0. The number of sulfone groups is 1. The van der Waals surface area contributed by atoms with Gasteiger partial charge in [0.15, 0.2) is 0 Å². The zero-order valence-electron chi connectivity index (χ0n) is 13.0. The summed E-state index contributed by atoms with van der Waals surface area (Å²) in [6.07, 6.45) is 9.02. The SMILES string of the molecule is CCCNC1CCCN(C2CCCC(S(C)(=O)=O)C2)C1. The van der Waals surface area contributed by atoms with Gasteiger partial charge in [0, 0.05) is 24.9 Å². The van der Waals surface area contributed by atoms with Gasteiger partial charge in [-0.2, -0.15) is 0 Å². The lowest BCUT2D eigenvalue weighted by atomic mass is 9.91. The minimum atomic E-state index is -2.87. The van der Waals surface area contributed by atoms with Crippen LogP contribution in [0.4, 0.5) is 0 Å². The van der Waals surface area contributed by atoms with Crippen LogP contribution >= 0.6 is 0 Å². The maximum atomic E-state index is 11.8. The van der Waals surface area contributed by atoms with Crippen molar-refractivity contribution in [1.82, 2.24) is 10.2 Å². The first-order valence-electron chi connectivity index (χ1n) is 8.17. The van der Waals surface area contributed by atoms with Crippen LogP contribution in [0.2, 0.25) is 0 Å². The number of piperidine rings is 1. The van der Waals surface area contributed by atoms with Gasteiger partial charge in [-0.1, -0.05) is 13.3 Å². The summed E-state index contributed by atoms with van der Waals surface area (Å²) in [5, 5.41) is 3.52. The van der Waals surface area contributed by atoms with E-state index in [9.17, 15) is 8.42 Å². The molecular formula is C15H30N2O2S. The van der Waals surface area contributed by atoms with Gasteiger partial charge in [-0.05, 0) is 51.6 Å². The summed E-state index contributed by atoms with van der Waals surface area (Å²) >= 11 is 0. The highest BCUT2D eigenvalue weighted by molar-refractivity contribution is 7.91. The minimum Gasteiger partial charge on any atom is -0.313 e. The Hall–Kier alpha value is -0.130. The van der Waals surface area contributed by atoms with Crippen molar-refractivity contribution in [2.24, 2.45) is 0 Å². The molecule has 118 valence electrons. The fraction of sp³-hybridized carbons (Fsp3) is 1.00.